The molecule has 3 rings (SSSR count). The van der Waals surface area contributed by atoms with Gasteiger partial charge in [-0.25, -0.2) is 9.59 Å². The molecule has 0 N–H and O–H groups in total. The molecule has 232 valence electrons. The molecule has 3 aromatic carbocycles. The van der Waals surface area contributed by atoms with Crippen molar-refractivity contribution >= 4 is 23.5 Å². The topological polar surface area (TPSA) is 61.8 Å². The fourth-order valence-electron chi connectivity index (χ4n) is 4.63. The van der Waals surface area contributed by atoms with E-state index in [2.05, 4.69) is 6.92 Å². The predicted octanol–water partition coefficient (Wildman–Crippen LogP) is 10.7. The van der Waals surface area contributed by atoms with Crippen LogP contribution in [0.3, 0.4) is 0 Å². The van der Waals surface area contributed by atoms with Crippen LogP contribution in [0.2, 0.25) is 5.02 Å². The van der Waals surface area contributed by atoms with Crippen molar-refractivity contribution in [2.45, 2.75) is 91.4 Å². The molecule has 0 fully saturated rings. The number of benzene rings is 3. The zero-order valence-corrected chi connectivity index (χ0v) is 26.8. The van der Waals surface area contributed by atoms with E-state index in [1.807, 2.05) is 50.2 Å². The van der Waals surface area contributed by atoms with Gasteiger partial charge in [-0.1, -0.05) is 121 Å². The van der Waals surface area contributed by atoms with Crippen LogP contribution < -0.4 is 9.47 Å². The maximum absolute atomic E-state index is 12.7. The molecule has 5 nitrogen and oxygen atoms in total. The number of halogens is 1. The van der Waals surface area contributed by atoms with Crippen LogP contribution in [-0.4, -0.2) is 25.2 Å². The normalized spacial score (nSPS) is 11.6. The highest BCUT2D eigenvalue weighted by molar-refractivity contribution is 6.33. The van der Waals surface area contributed by atoms with Gasteiger partial charge in [-0.05, 0) is 59.9 Å². The molecule has 0 bridgehead atoms. The first-order valence-electron chi connectivity index (χ1n) is 15.9. The van der Waals surface area contributed by atoms with Crippen LogP contribution >= 0.6 is 11.6 Å². The van der Waals surface area contributed by atoms with Crippen molar-refractivity contribution in [1.29, 1.82) is 0 Å². The minimum atomic E-state index is -0.509. The predicted molar refractivity (Wildman–Crippen MR) is 175 cm³/mol. The first-order valence-corrected chi connectivity index (χ1v) is 16.3. The molecule has 0 spiro atoms. The molecule has 0 heterocycles. The number of unbranched alkanes of at least 4 members (excludes halogenated alkanes) is 9. The van der Waals surface area contributed by atoms with Gasteiger partial charge in [0.15, 0.2) is 0 Å². The van der Waals surface area contributed by atoms with E-state index in [9.17, 15) is 9.59 Å². The second kappa shape index (κ2) is 19.1. The van der Waals surface area contributed by atoms with E-state index in [0.717, 1.165) is 36.3 Å². The average Bonchev–Trinajstić information content (AvgIpc) is 3.02. The van der Waals surface area contributed by atoms with Crippen molar-refractivity contribution in [2.24, 2.45) is 5.92 Å². The third kappa shape index (κ3) is 12.1. The minimum Gasteiger partial charge on any atom is -0.494 e. The number of hydrogen-bond acceptors (Lipinski definition) is 5. The van der Waals surface area contributed by atoms with Crippen molar-refractivity contribution in [3.8, 4) is 22.6 Å². The second-order valence-electron chi connectivity index (χ2n) is 11.3. The summed E-state index contributed by atoms with van der Waals surface area (Å²) in [6.07, 6.45) is 14.0. The molecule has 0 unspecified atom stereocenters. The Morgan fingerprint density at radius 2 is 1.26 bits per heavy atom. The number of ether oxygens (including phenoxy) is 3. The molecule has 0 saturated heterocycles. The van der Waals surface area contributed by atoms with Crippen molar-refractivity contribution in [1.82, 2.24) is 0 Å². The highest BCUT2D eigenvalue weighted by atomic mass is 35.5. The lowest BCUT2D eigenvalue weighted by atomic mass is 10.0. The molecular weight excluding hydrogens is 560 g/mol. The highest BCUT2D eigenvalue weighted by Crippen LogP contribution is 2.26. The smallest absolute Gasteiger partial charge is 0.343 e. The minimum absolute atomic E-state index is 0.172. The first kappa shape index (κ1) is 34.2. The van der Waals surface area contributed by atoms with E-state index in [1.165, 1.54) is 76.0 Å². The Bertz CT molecular complexity index is 1250. The van der Waals surface area contributed by atoms with Crippen molar-refractivity contribution in [3.05, 3.63) is 82.9 Å². The molecule has 0 aliphatic carbocycles. The summed E-state index contributed by atoms with van der Waals surface area (Å²) < 4.78 is 16.7. The van der Waals surface area contributed by atoms with E-state index in [1.54, 1.807) is 12.1 Å². The Morgan fingerprint density at radius 3 is 1.84 bits per heavy atom. The summed E-state index contributed by atoms with van der Waals surface area (Å²) in [6, 6.07) is 19.8. The average molecular weight is 607 g/mol. The molecule has 0 saturated carbocycles. The lowest BCUT2D eigenvalue weighted by molar-refractivity contribution is 0.0447. The molecule has 43 heavy (non-hydrogen) atoms. The SMILES string of the molecule is CCCCCCCCCCCCOc1ccc(-c2ccc(C(=O)Oc3ccc(C(=O)OC[C@@H](C)CC)c(Cl)c3)cc2)cc1. The number of carbonyl (C=O) groups excluding carboxylic acids is 2. The number of carbonyl (C=O) groups is 2. The Balaban J connectivity index is 1.41. The lowest BCUT2D eigenvalue weighted by Crippen LogP contribution is -2.12. The van der Waals surface area contributed by atoms with E-state index >= 15 is 0 Å². The Hall–Kier alpha value is -3.31. The van der Waals surface area contributed by atoms with Gasteiger partial charge in [0.1, 0.15) is 11.5 Å². The van der Waals surface area contributed by atoms with Gasteiger partial charge in [-0.15, -0.1) is 0 Å². The van der Waals surface area contributed by atoms with Crippen LogP contribution in [0.5, 0.6) is 11.5 Å². The van der Waals surface area contributed by atoms with Gasteiger partial charge in [0, 0.05) is 6.07 Å². The van der Waals surface area contributed by atoms with E-state index in [4.69, 9.17) is 25.8 Å². The Labute approximate surface area is 262 Å². The fraction of sp³-hybridized carbons (Fsp3) is 0.459. The first-order chi connectivity index (χ1) is 20.9. The van der Waals surface area contributed by atoms with Crippen molar-refractivity contribution in [3.63, 3.8) is 0 Å². The summed E-state index contributed by atoms with van der Waals surface area (Å²) in [5.74, 6) is 0.393. The van der Waals surface area contributed by atoms with Gasteiger partial charge in [0.2, 0.25) is 0 Å². The van der Waals surface area contributed by atoms with E-state index in [0.29, 0.717) is 12.2 Å². The molecule has 1 atom stereocenters. The van der Waals surface area contributed by atoms with Gasteiger partial charge < -0.3 is 14.2 Å². The second-order valence-corrected chi connectivity index (χ2v) is 11.7. The third-order valence-corrected chi connectivity index (χ3v) is 7.95. The van der Waals surface area contributed by atoms with Gasteiger partial charge in [0.05, 0.1) is 29.4 Å². The summed E-state index contributed by atoms with van der Waals surface area (Å²) >= 11 is 6.28. The van der Waals surface area contributed by atoms with Crippen LogP contribution in [0, 0.1) is 5.92 Å². The largest absolute Gasteiger partial charge is 0.494 e. The third-order valence-electron chi connectivity index (χ3n) is 7.64. The van der Waals surface area contributed by atoms with Crippen molar-refractivity contribution in [2.75, 3.05) is 13.2 Å². The maximum Gasteiger partial charge on any atom is 0.343 e. The summed E-state index contributed by atoms with van der Waals surface area (Å²) in [4.78, 5) is 25.0. The van der Waals surface area contributed by atoms with E-state index in [-0.39, 0.29) is 22.3 Å². The molecule has 0 aliphatic heterocycles. The molecule has 0 aromatic heterocycles. The molecule has 0 aliphatic rings. The molecule has 3 aromatic rings. The zero-order chi connectivity index (χ0) is 30.9. The van der Waals surface area contributed by atoms with Gasteiger partial charge in [-0.3, -0.25) is 0 Å². The Morgan fingerprint density at radius 1 is 0.698 bits per heavy atom. The maximum atomic E-state index is 12.7. The standard InChI is InChI=1S/C37H47ClO5/c1-4-6-7-8-9-10-11-12-13-14-25-41-32-21-19-30(20-22-32)29-15-17-31(18-16-29)36(39)43-33-23-24-34(35(38)26-33)37(40)42-27-28(3)5-2/h15-24,26,28H,4-14,25,27H2,1-3H3/t28-/m0/s1. The van der Waals surface area contributed by atoms with Crippen LogP contribution in [0.25, 0.3) is 11.1 Å². The highest BCUT2D eigenvalue weighted by Gasteiger charge is 2.16. The fourth-order valence-corrected chi connectivity index (χ4v) is 4.87. The van der Waals surface area contributed by atoms with Crippen LogP contribution in [0.4, 0.5) is 0 Å². The summed E-state index contributed by atoms with van der Waals surface area (Å²) in [6.45, 7) is 7.37. The molecule has 0 radical (unpaired) electrons. The van der Waals surface area contributed by atoms with Crippen LogP contribution in [-0.2, 0) is 4.74 Å². The quantitative estimate of drug-likeness (QED) is 0.0771. The number of esters is 2. The van der Waals surface area contributed by atoms with Gasteiger partial charge in [0.25, 0.3) is 0 Å². The van der Waals surface area contributed by atoms with Crippen LogP contribution in [0.15, 0.2) is 66.7 Å². The monoisotopic (exact) mass is 606 g/mol. The van der Waals surface area contributed by atoms with Crippen molar-refractivity contribution < 1.29 is 23.8 Å². The summed E-state index contributed by atoms with van der Waals surface area (Å²) in [5, 5.41) is 0.172. The van der Waals surface area contributed by atoms with Crippen LogP contribution in [0.1, 0.15) is 112 Å². The molecular formula is C37H47ClO5. The lowest BCUT2D eigenvalue weighted by Gasteiger charge is -2.11. The summed E-state index contributed by atoms with van der Waals surface area (Å²) in [7, 11) is 0. The molecule has 0 amide bonds. The van der Waals surface area contributed by atoms with E-state index < -0.39 is 11.9 Å². The number of hydrogen-bond donors (Lipinski definition) is 0. The Kier molecular flexibility index (Phi) is 15.2. The van der Waals surface area contributed by atoms with Gasteiger partial charge >= 0.3 is 11.9 Å². The number of rotatable bonds is 19. The van der Waals surface area contributed by atoms with Gasteiger partial charge in [-0.2, -0.15) is 0 Å². The zero-order valence-electron chi connectivity index (χ0n) is 26.0. The summed E-state index contributed by atoms with van der Waals surface area (Å²) in [5.41, 5.74) is 2.67. The molecule has 6 heteroatoms.